The monoisotopic (exact) mass is 352 g/mol. The number of halogens is 1. The van der Waals surface area contributed by atoms with Gasteiger partial charge in [-0.15, -0.1) is 0 Å². The van der Waals surface area contributed by atoms with Gasteiger partial charge in [-0.1, -0.05) is 0 Å². The zero-order valence-corrected chi connectivity index (χ0v) is 13.5. The van der Waals surface area contributed by atoms with Crippen LogP contribution in [0.25, 0.3) is 10.9 Å². The standard InChI is InChI=1S/C15H17BrN2O3/c1-9(3-6-14(19)20)17-12-8-11(21-2)7-10-4-5-13(16)18-15(10)12/h4-5,7-9,17H,3,6H2,1-2H3,(H,19,20). The summed E-state index contributed by atoms with van der Waals surface area (Å²) in [6.45, 7) is 1.95. The predicted molar refractivity (Wildman–Crippen MR) is 85.9 cm³/mol. The minimum absolute atomic E-state index is 0.0252. The molecule has 0 fully saturated rings. The van der Waals surface area contributed by atoms with E-state index in [9.17, 15) is 4.79 Å². The number of fused-ring (bicyclic) bond motifs is 1. The fraction of sp³-hybridized carbons (Fsp3) is 0.333. The van der Waals surface area contributed by atoms with Crippen LogP contribution in [0.5, 0.6) is 5.75 Å². The van der Waals surface area contributed by atoms with Crippen LogP contribution >= 0.6 is 15.9 Å². The van der Waals surface area contributed by atoms with Crippen molar-refractivity contribution in [3.8, 4) is 5.75 Å². The van der Waals surface area contributed by atoms with E-state index in [1.807, 2.05) is 31.2 Å². The van der Waals surface area contributed by atoms with Crippen LogP contribution in [0.3, 0.4) is 0 Å². The van der Waals surface area contributed by atoms with Gasteiger partial charge in [0.2, 0.25) is 0 Å². The van der Waals surface area contributed by atoms with Crippen LogP contribution in [-0.2, 0) is 4.79 Å². The molecule has 21 heavy (non-hydrogen) atoms. The number of aromatic nitrogens is 1. The summed E-state index contributed by atoms with van der Waals surface area (Å²) in [5.74, 6) is -0.0559. The Morgan fingerprint density at radius 3 is 2.90 bits per heavy atom. The van der Waals surface area contributed by atoms with E-state index in [2.05, 4.69) is 26.2 Å². The summed E-state index contributed by atoms with van der Waals surface area (Å²) in [7, 11) is 1.62. The summed E-state index contributed by atoms with van der Waals surface area (Å²) in [6.07, 6.45) is 0.676. The van der Waals surface area contributed by atoms with E-state index in [1.165, 1.54) is 0 Å². The van der Waals surface area contributed by atoms with Crippen molar-refractivity contribution >= 4 is 38.5 Å². The average Bonchev–Trinajstić information content (AvgIpc) is 2.45. The summed E-state index contributed by atoms with van der Waals surface area (Å²) < 4.78 is 6.05. The Labute approximate surface area is 131 Å². The first-order chi connectivity index (χ1) is 9.99. The summed E-state index contributed by atoms with van der Waals surface area (Å²) in [5, 5.41) is 13.0. The second-order valence-corrected chi connectivity index (χ2v) is 5.67. The van der Waals surface area contributed by atoms with Crippen LogP contribution in [0, 0.1) is 0 Å². The SMILES string of the molecule is COc1cc(NC(C)CCC(=O)O)c2nc(Br)ccc2c1. The molecule has 0 aliphatic rings. The maximum absolute atomic E-state index is 10.6. The van der Waals surface area contributed by atoms with Gasteiger partial charge in [-0.3, -0.25) is 4.79 Å². The van der Waals surface area contributed by atoms with E-state index in [0.29, 0.717) is 6.42 Å². The lowest BCUT2D eigenvalue weighted by molar-refractivity contribution is -0.137. The highest BCUT2D eigenvalue weighted by Gasteiger charge is 2.11. The van der Waals surface area contributed by atoms with Crippen LogP contribution in [-0.4, -0.2) is 29.2 Å². The van der Waals surface area contributed by atoms with Gasteiger partial charge in [-0.2, -0.15) is 0 Å². The van der Waals surface area contributed by atoms with E-state index in [0.717, 1.165) is 26.9 Å². The van der Waals surface area contributed by atoms with E-state index in [1.54, 1.807) is 7.11 Å². The highest BCUT2D eigenvalue weighted by atomic mass is 79.9. The Bertz CT molecular complexity index is 661. The van der Waals surface area contributed by atoms with Crippen LogP contribution in [0.15, 0.2) is 28.9 Å². The molecule has 2 N–H and O–H groups in total. The number of ether oxygens (including phenoxy) is 1. The Balaban J connectivity index is 2.32. The van der Waals surface area contributed by atoms with Crippen molar-refractivity contribution in [3.05, 3.63) is 28.9 Å². The number of aliphatic carboxylic acids is 1. The molecule has 2 aromatic rings. The third kappa shape index (κ3) is 4.07. The summed E-state index contributed by atoms with van der Waals surface area (Å²) in [4.78, 5) is 15.1. The number of methoxy groups -OCH3 is 1. The largest absolute Gasteiger partial charge is 0.497 e. The maximum Gasteiger partial charge on any atom is 0.303 e. The number of carbonyl (C=O) groups is 1. The number of pyridine rings is 1. The number of nitrogens with zero attached hydrogens (tertiary/aromatic N) is 1. The van der Waals surface area contributed by atoms with Gasteiger partial charge in [-0.05, 0) is 47.5 Å². The molecule has 0 saturated carbocycles. The third-order valence-electron chi connectivity index (χ3n) is 3.16. The second kappa shape index (κ2) is 6.76. The molecule has 5 nitrogen and oxygen atoms in total. The van der Waals surface area contributed by atoms with Gasteiger partial charge in [0.1, 0.15) is 10.4 Å². The van der Waals surface area contributed by atoms with Gasteiger partial charge in [0.15, 0.2) is 0 Å². The molecule has 112 valence electrons. The number of hydrogen-bond acceptors (Lipinski definition) is 4. The normalized spacial score (nSPS) is 12.1. The number of benzene rings is 1. The van der Waals surface area contributed by atoms with Gasteiger partial charge >= 0.3 is 5.97 Å². The lowest BCUT2D eigenvalue weighted by Gasteiger charge is -2.17. The molecular formula is C15H17BrN2O3. The van der Waals surface area contributed by atoms with Gasteiger partial charge in [0.05, 0.1) is 18.3 Å². The first-order valence-corrected chi connectivity index (χ1v) is 7.41. The maximum atomic E-state index is 10.6. The van der Waals surface area contributed by atoms with E-state index in [4.69, 9.17) is 9.84 Å². The lowest BCUT2D eigenvalue weighted by atomic mass is 10.1. The second-order valence-electron chi connectivity index (χ2n) is 4.86. The summed E-state index contributed by atoms with van der Waals surface area (Å²) >= 11 is 3.37. The zero-order valence-electron chi connectivity index (χ0n) is 11.9. The Morgan fingerprint density at radius 1 is 1.48 bits per heavy atom. The molecule has 1 heterocycles. The van der Waals surface area contributed by atoms with Gasteiger partial charge < -0.3 is 15.2 Å². The van der Waals surface area contributed by atoms with Crippen LogP contribution in [0.4, 0.5) is 5.69 Å². The van der Waals surface area contributed by atoms with Crippen LogP contribution in [0.2, 0.25) is 0 Å². The minimum Gasteiger partial charge on any atom is -0.497 e. The summed E-state index contributed by atoms with van der Waals surface area (Å²) in [6, 6.07) is 7.65. The Hall–Kier alpha value is -1.82. The Kier molecular flexibility index (Phi) is 5.01. The number of carboxylic acids is 1. The molecule has 1 atom stereocenters. The van der Waals surface area contributed by atoms with E-state index < -0.39 is 5.97 Å². The van der Waals surface area contributed by atoms with Crippen molar-refractivity contribution in [3.63, 3.8) is 0 Å². The van der Waals surface area contributed by atoms with E-state index >= 15 is 0 Å². The van der Waals surface area contributed by atoms with Crippen molar-refractivity contribution in [1.29, 1.82) is 0 Å². The molecule has 1 aromatic carbocycles. The van der Waals surface area contributed by atoms with Crippen molar-refractivity contribution in [2.24, 2.45) is 0 Å². The van der Waals surface area contributed by atoms with Gasteiger partial charge in [0, 0.05) is 23.9 Å². The lowest BCUT2D eigenvalue weighted by Crippen LogP contribution is -2.17. The fourth-order valence-electron chi connectivity index (χ4n) is 2.09. The smallest absolute Gasteiger partial charge is 0.303 e. The molecule has 2 rings (SSSR count). The molecule has 0 spiro atoms. The van der Waals surface area contributed by atoms with E-state index in [-0.39, 0.29) is 12.5 Å². The third-order valence-corrected chi connectivity index (χ3v) is 3.60. The predicted octanol–water partition coefficient (Wildman–Crippen LogP) is 3.67. The van der Waals surface area contributed by atoms with Crippen molar-refractivity contribution in [1.82, 2.24) is 4.98 Å². The molecule has 0 radical (unpaired) electrons. The molecule has 1 aromatic heterocycles. The highest BCUT2D eigenvalue weighted by molar-refractivity contribution is 9.10. The van der Waals surface area contributed by atoms with Crippen LogP contribution in [0.1, 0.15) is 19.8 Å². The van der Waals surface area contributed by atoms with Crippen LogP contribution < -0.4 is 10.1 Å². The molecule has 1 unspecified atom stereocenters. The van der Waals surface area contributed by atoms with Gasteiger partial charge in [-0.25, -0.2) is 4.98 Å². The number of rotatable bonds is 6. The minimum atomic E-state index is -0.792. The molecule has 6 heteroatoms. The number of carboxylic acid groups (broad SMARTS) is 1. The highest BCUT2D eigenvalue weighted by Crippen LogP contribution is 2.30. The van der Waals surface area contributed by atoms with Crippen molar-refractivity contribution < 1.29 is 14.6 Å². The number of hydrogen-bond donors (Lipinski definition) is 2. The molecule has 0 aliphatic heterocycles. The first kappa shape index (κ1) is 15.6. The zero-order chi connectivity index (χ0) is 15.4. The number of anilines is 1. The number of nitrogens with one attached hydrogen (secondary N) is 1. The summed E-state index contributed by atoms with van der Waals surface area (Å²) in [5.41, 5.74) is 1.66. The molecule has 0 saturated heterocycles. The molecule has 0 amide bonds. The topological polar surface area (TPSA) is 71.5 Å². The fourth-order valence-corrected chi connectivity index (χ4v) is 2.40. The van der Waals surface area contributed by atoms with Crippen molar-refractivity contribution in [2.45, 2.75) is 25.8 Å². The van der Waals surface area contributed by atoms with Gasteiger partial charge in [0.25, 0.3) is 0 Å². The Morgan fingerprint density at radius 2 is 2.24 bits per heavy atom. The molecule has 0 aliphatic carbocycles. The first-order valence-electron chi connectivity index (χ1n) is 6.62. The molecular weight excluding hydrogens is 336 g/mol. The van der Waals surface area contributed by atoms with Crippen molar-refractivity contribution in [2.75, 3.05) is 12.4 Å². The quantitative estimate of drug-likeness (QED) is 0.776. The average molecular weight is 353 g/mol. The molecule has 0 bridgehead atoms.